The molecule has 0 atom stereocenters. The van der Waals surface area contributed by atoms with Gasteiger partial charge in [-0.3, -0.25) is 0 Å². The first kappa shape index (κ1) is 15.9. The Morgan fingerprint density at radius 1 is 1.50 bits per heavy atom. The van der Waals surface area contributed by atoms with E-state index in [1.165, 1.54) is 0 Å². The molecule has 0 fully saturated rings. The molecule has 0 unspecified atom stereocenters. The molecule has 0 aromatic carbocycles. The zero-order valence-electron chi connectivity index (χ0n) is 3.62. The molecule has 0 aromatic rings. The third-order valence-electron chi connectivity index (χ3n) is 0.224. The summed E-state index contributed by atoms with van der Waals surface area (Å²) < 4.78 is 0. The first-order valence-corrected chi connectivity index (χ1v) is 1.52. The van der Waals surface area contributed by atoms with Crippen LogP contribution in [0.4, 0.5) is 0 Å². The number of hydrogen-bond donors (Lipinski definition) is 1. The smallest absolute Gasteiger partial charge is 0.0428 e. The van der Waals surface area contributed by atoms with Crippen LogP contribution in [0.3, 0.4) is 0 Å². The van der Waals surface area contributed by atoms with Crippen LogP contribution < -0.4 is 12.4 Å². The molecule has 0 heterocycles. The Morgan fingerprint density at radius 2 is 1.67 bits per heavy atom. The molecule has 0 rings (SSSR count). The van der Waals surface area contributed by atoms with Crippen molar-refractivity contribution in [1.29, 1.82) is 0 Å². The summed E-state index contributed by atoms with van der Waals surface area (Å²) in [4.78, 5) is 0. The van der Waals surface area contributed by atoms with Crippen LogP contribution in [-0.2, 0) is 17.1 Å². The minimum atomic E-state index is 0. The van der Waals surface area contributed by atoms with E-state index in [4.69, 9.17) is 5.11 Å². The van der Waals surface area contributed by atoms with E-state index in [0.29, 0.717) is 6.61 Å². The molecule has 3 heteroatoms. The second-order valence-electron chi connectivity index (χ2n) is 0.724. The quantitative estimate of drug-likeness (QED) is 0.406. The molecule has 0 aliphatic heterocycles. The van der Waals surface area contributed by atoms with Crippen LogP contribution >= 0.6 is 0 Å². The van der Waals surface area contributed by atoms with Crippen LogP contribution in [0, 0.1) is 0 Å². The Labute approximate surface area is 55.0 Å². The molecule has 1 radical (unpaired) electrons. The van der Waals surface area contributed by atoms with Crippen LogP contribution in [0.1, 0.15) is 13.3 Å². The number of aliphatic hydroxyl groups is 1. The summed E-state index contributed by atoms with van der Waals surface area (Å²) in [5.41, 5.74) is 0. The maximum Gasteiger partial charge on any atom is 0.0428 e. The van der Waals surface area contributed by atoms with Crippen LogP contribution in [-0.4, -0.2) is 11.7 Å². The molecule has 6 heavy (non-hydrogen) atoms. The summed E-state index contributed by atoms with van der Waals surface area (Å²) >= 11 is 0. The molecule has 0 spiro atoms. The van der Waals surface area contributed by atoms with Gasteiger partial charge in [0.25, 0.3) is 0 Å². The van der Waals surface area contributed by atoms with Crippen LogP contribution in [0.5, 0.6) is 0 Å². The van der Waals surface area contributed by atoms with Gasteiger partial charge in [0, 0.05) is 23.7 Å². The van der Waals surface area contributed by atoms with E-state index < -0.39 is 0 Å². The minimum absolute atomic E-state index is 0. The topological polar surface area (TPSA) is 20.2 Å². The SMILES string of the molecule is CCCO.[Cl-].[Mn]. The standard InChI is InChI=1S/C3H8O.ClH.Mn/c1-2-3-4;;/h4H,2-3H2,1H3;1H;/p-1. The van der Waals surface area contributed by atoms with E-state index in [-0.39, 0.29) is 29.5 Å². The Kier molecular flexibility index (Phi) is 45.2. The van der Waals surface area contributed by atoms with Crippen molar-refractivity contribution in [2.45, 2.75) is 13.3 Å². The molecule has 0 amide bonds. The molecule has 0 aliphatic carbocycles. The molecule has 0 bridgehead atoms. The molecule has 0 saturated carbocycles. The van der Waals surface area contributed by atoms with Gasteiger partial charge in [0.1, 0.15) is 0 Å². The summed E-state index contributed by atoms with van der Waals surface area (Å²) in [6.45, 7) is 2.25. The third-order valence-corrected chi connectivity index (χ3v) is 0.224. The Balaban J connectivity index is -0.0000000450. The van der Waals surface area contributed by atoms with Crippen LogP contribution in [0.15, 0.2) is 0 Å². The fourth-order valence-corrected chi connectivity index (χ4v) is 0. The first-order valence-electron chi connectivity index (χ1n) is 1.52. The molecule has 0 saturated heterocycles. The van der Waals surface area contributed by atoms with Gasteiger partial charge < -0.3 is 17.5 Å². The van der Waals surface area contributed by atoms with E-state index in [2.05, 4.69) is 0 Å². The maximum atomic E-state index is 7.88. The van der Waals surface area contributed by atoms with Crippen molar-refractivity contribution in [3.05, 3.63) is 0 Å². The largest absolute Gasteiger partial charge is 1.00 e. The third kappa shape index (κ3) is 21.6. The van der Waals surface area contributed by atoms with E-state index in [1.807, 2.05) is 6.92 Å². The van der Waals surface area contributed by atoms with Gasteiger partial charge in [0.2, 0.25) is 0 Å². The number of rotatable bonds is 1. The van der Waals surface area contributed by atoms with E-state index >= 15 is 0 Å². The van der Waals surface area contributed by atoms with Crippen molar-refractivity contribution in [3.8, 4) is 0 Å². The van der Waals surface area contributed by atoms with Gasteiger partial charge >= 0.3 is 0 Å². The molecule has 0 aromatic heterocycles. The molecule has 1 N–H and O–H groups in total. The van der Waals surface area contributed by atoms with Gasteiger partial charge in [-0.05, 0) is 6.42 Å². The van der Waals surface area contributed by atoms with Gasteiger partial charge in [-0.25, -0.2) is 0 Å². The van der Waals surface area contributed by atoms with Crippen molar-refractivity contribution in [2.75, 3.05) is 6.61 Å². The van der Waals surface area contributed by atoms with Gasteiger partial charge in [-0.1, -0.05) is 6.92 Å². The zero-order valence-corrected chi connectivity index (χ0v) is 5.55. The van der Waals surface area contributed by atoms with Crippen LogP contribution in [0.25, 0.3) is 0 Å². The summed E-state index contributed by atoms with van der Waals surface area (Å²) in [6, 6.07) is 0. The van der Waals surface area contributed by atoms with Gasteiger partial charge in [0.15, 0.2) is 0 Å². The van der Waals surface area contributed by atoms with Crippen molar-refractivity contribution in [1.82, 2.24) is 0 Å². The molecule has 1 nitrogen and oxygen atoms in total. The molecule has 41 valence electrons. The van der Waals surface area contributed by atoms with Crippen molar-refractivity contribution in [3.63, 3.8) is 0 Å². The van der Waals surface area contributed by atoms with Gasteiger partial charge in [-0.15, -0.1) is 0 Å². The summed E-state index contributed by atoms with van der Waals surface area (Å²) in [7, 11) is 0. The van der Waals surface area contributed by atoms with Crippen LogP contribution in [0.2, 0.25) is 0 Å². The molecular weight excluding hydrogens is 142 g/mol. The second-order valence-corrected chi connectivity index (χ2v) is 0.724. The second kappa shape index (κ2) is 17.1. The van der Waals surface area contributed by atoms with Crippen molar-refractivity contribution >= 4 is 0 Å². The Bertz CT molecular complexity index is 12.8. The van der Waals surface area contributed by atoms with Gasteiger partial charge in [-0.2, -0.15) is 0 Å². The van der Waals surface area contributed by atoms with Gasteiger partial charge in [0.05, 0.1) is 0 Å². The summed E-state index contributed by atoms with van der Waals surface area (Å²) in [5.74, 6) is 0. The number of aliphatic hydroxyl groups excluding tert-OH is 1. The van der Waals surface area contributed by atoms with E-state index in [0.717, 1.165) is 6.42 Å². The Morgan fingerprint density at radius 3 is 1.67 bits per heavy atom. The fraction of sp³-hybridized carbons (Fsp3) is 1.00. The zero-order chi connectivity index (χ0) is 3.41. The van der Waals surface area contributed by atoms with Crippen molar-refractivity contribution < 1.29 is 34.6 Å². The monoisotopic (exact) mass is 150 g/mol. The average Bonchev–Trinajstić information content (AvgIpc) is 1.37. The predicted molar refractivity (Wildman–Crippen MR) is 17.4 cm³/mol. The number of halogens is 1. The predicted octanol–water partition coefficient (Wildman–Crippen LogP) is -2.61. The summed E-state index contributed by atoms with van der Waals surface area (Å²) in [6.07, 6.45) is 0.875. The van der Waals surface area contributed by atoms with E-state index in [9.17, 15) is 0 Å². The fourth-order valence-electron chi connectivity index (χ4n) is 0. The molecule has 0 aliphatic rings. The summed E-state index contributed by atoms with van der Waals surface area (Å²) in [5, 5.41) is 7.88. The Hall–Kier alpha value is 0.769. The average molecular weight is 150 g/mol. The minimum Gasteiger partial charge on any atom is -1.00 e. The normalized spacial score (nSPS) is 5.00. The molecular formula is C3H8ClMnO-. The van der Waals surface area contributed by atoms with Crippen molar-refractivity contribution in [2.24, 2.45) is 0 Å². The maximum absolute atomic E-state index is 7.88. The first-order chi connectivity index (χ1) is 1.91. The van der Waals surface area contributed by atoms with E-state index in [1.54, 1.807) is 0 Å². The number of hydrogen-bond acceptors (Lipinski definition) is 1.